The summed E-state index contributed by atoms with van der Waals surface area (Å²) in [5.74, 6) is 0. The molecule has 0 unspecified atom stereocenters. The van der Waals surface area contributed by atoms with Gasteiger partial charge in [-0.2, -0.15) is 0 Å². The van der Waals surface area contributed by atoms with E-state index < -0.39 is 0 Å². The molecule has 4 nitrogen and oxygen atoms in total. The van der Waals surface area contributed by atoms with E-state index in [4.69, 9.17) is 0 Å². The summed E-state index contributed by atoms with van der Waals surface area (Å²) < 4.78 is 0. The maximum absolute atomic E-state index is 11.8. The first-order valence-electron chi connectivity index (χ1n) is 7.05. The normalized spacial score (nSPS) is 15.1. The number of rotatable bonds is 5. The van der Waals surface area contributed by atoms with Gasteiger partial charge in [-0.3, -0.25) is 4.90 Å². The highest BCUT2D eigenvalue weighted by Gasteiger charge is 2.17. The number of hydrogen-bond acceptors (Lipinski definition) is 3. The molecule has 0 aliphatic carbocycles. The van der Waals surface area contributed by atoms with Crippen molar-refractivity contribution in [2.45, 2.75) is 26.8 Å². The van der Waals surface area contributed by atoms with Crippen molar-refractivity contribution in [1.29, 1.82) is 0 Å². The first-order valence-corrected chi connectivity index (χ1v) is 7.93. The minimum atomic E-state index is 0.0539. The minimum absolute atomic E-state index is 0.0539. The summed E-state index contributed by atoms with van der Waals surface area (Å²) in [5, 5.41) is 5.17. The van der Waals surface area contributed by atoms with Crippen molar-refractivity contribution < 1.29 is 4.79 Å². The van der Waals surface area contributed by atoms with Crippen molar-refractivity contribution in [3.05, 3.63) is 21.9 Å². The second kappa shape index (κ2) is 6.91. The molecule has 0 radical (unpaired) electrons. The highest BCUT2D eigenvalue weighted by atomic mass is 32.1. The van der Waals surface area contributed by atoms with Crippen LogP contribution in [0, 0.1) is 0 Å². The maximum atomic E-state index is 11.8. The Labute approximate surface area is 119 Å². The number of nitrogens with zero attached hydrogens (tertiary/aromatic N) is 2. The van der Waals surface area contributed by atoms with Crippen molar-refractivity contribution in [2.75, 3.05) is 32.7 Å². The van der Waals surface area contributed by atoms with Gasteiger partial charge in [0, 0.05) is 44.1 Å². The summed E-state index contributed by atoms with van der Waals surface area (Å²) in [6, 6.07) is 2.28. The van der Waals surface area contributed by atoms with E-state index in [-0.39, 0.29) is 6.03 Å². The molecule has 2 rings (SSSR count). The molecule has 0 fully saturated rings. The predicted octanol–water partition coefficient (Wildman–Crippen LogP) is 2.16. The van der Waals surface area contributed by atoms with E-state index in [0.717, 1.165) is 45.7 Å². The van der Waals surface area contributed by atoms with Gasteiger partial charge in [-0.15, -0.1) is 11.3 Å². The molecule has 106 valence electrons. The highest BCUT2D eigenvalue weighted by molar-refractivity contribution is 7.10. The van der Waals surface area contributed by atoms with Crippen LogP contribution < -0.4 is 5.32 Å². The summed E-state index contributed by atoms with van der Waals surface area (Å²) in [6.07, 6.45) is 1.15. The van der Waals surface area contributed by atoms with Crippen LogP contribution in [0.3, 0.4) is 0 Å². The van der Waals surface area contributed by atoms with Crippen LogP contribution in [0.5, 0.6) is 0 Å². The van der Waals surface area contributed by atoms with Gasteiger partial charge in [-0.05, 0) is 37.3 Å². The van der Waals surface area contributed by atoms with Gasteiger partial charge in [-0.25, -0.2) is 4.79 Å². The molecule has 0 aromatic carbocycles. The number of carbonyl (C=O) groups is 1. The largest absolute Gasteiger partial charge is 0.337 e. The SMILES string of the molecule is CCN(CC)C(=O)NCCN1CCc2sccc2C1. The van der Waals surface area contributed by atoms with Gasteiger partial charge in [-0.1, -0.05) is 0 Å². The third-order valence-electron chi connectivity index (χ3n) is 3.64. The van der Waals surface area contributed by atoms with Crippen LogP contribution >= 0.6 is 11.3 Å². The van der Waals surface area contributed by atoms with Crippen LogP contribution in [-0.4, -0.2) is 48.6 Å². The molecular formula is C14H23N3OS. The average molecular weight is 281 g/mol. The van der Waals surface area contributed by atoms with E-state index in [2.05, 4.69) is 21.7 Å². The van der Waals surface area contributed by atoms with Crippen molar-refractivity contribution >= 4 is 17.4 Å². The summed E-state index contributed by atoms with van der Waals surface area (Å²) in [7, 11) is 0. The second-order valence-electron chi connectivity index (χ2n) is 4.80. The van der Waals surface area contributed by atoms with Crippen molar-refractivity contribution in [2.24, 2.45) is 0 Å². The van der Waals surface area contributed by atoms with E-state index in [0.29, 0.717) is 0 Å². The van der Waals surface area contributed by atoms with Gasteiger partial charge >= 0.3 is 6.03 Å². The Kier molecular flexibility index (Phi) is 5.22. The summed E-state index contributed by atoms with van der Waals surface area (Å²) >= 11 is 1.86. The van der Waals surface area contributed by atoms with E-state index in [1.165, 1.54) is 10.4 Å². The molecule has 1 N–H and O–H groups in total. The third kappa shape index (κ3) is 3.70. The first kappa shape index (κ1) is 14.3. The van der Waals surface area contributed by atoms with Gasteiger partial charge in [0.1, 0.15) is 0 Å². The zero-order valence-electron chi connectivity index (χ0n) is 11.8. The molecule has 5 heteroatoms. The number of hydrogen-bond donors (Lipinski definition) is 1. The van der Waals surface area contributed by atoms with Crippen LogP contribution in [0.15, 0.2) is 11.4 Å². The number of amides is 2. The standard InChI is InChI=1S/C14H23N3OS/c1-3-17(4-2)14(18)15-7-9-16-8-5-13-12(11-16)6-10-19-13/h6,10H,3-5,7-9,11H2,1-2H3,(H,15,18). The number of nitrogens with one attached hydrogen (secondary N) is 1. The zero-order valence-corrected chi connectivity index (χ0v) is 12.6. The summed E-state index contributed by atoms with van der Waals surface area (Å²) in [5.41, 5.74) is 1.46. The fourth-order valence-corrected chi connectivity index (χ4v) is 3.33. The number of fused-ring (bicyclic) bond motifs is 1. The van der Waals surface area contributed by atoms with Crippen molar-refractivity contribution in [3.8, 4) is 0 Å². The number of urea groups is 1. The Morgan fingerprint density at radius 2 is 2.26 bits per heavy atom. The van der Waals surface area contributed by atoms with Gasteiger partial charge in [0.25, 0.3) is 0 Å². The van der Waals surface area contributed by atoms with Crippen LogP contribution in [-0.2, 0) is 13.0 Å². The lowest BCUT2D eigenvalue weighted by Crippen LogP contribution is -2.43. The molecule has 2 amide bonds. The molecule has 1 aliphatic rings. The molecule has 0 saturated heterocycles. The Hall–Kier alpha value is -1.07. The fraction of sp³-hybridized carbons (Fsp3) is 0.643. The van der Waals surface area contributed by atoms with Crippen LogP contribution in [0.25, 0.3) is 0 Å². The monoisotopic (exact) mass is 281 g/mol. The lowest BCUT2D eigenvalue weighted by molar-refractivity contribution is 0.198. The molecular weight excluding hydrogens is 258 g/mol. The maximum Gasteiger partial charge on any atom is 0.317 e. The topological polar surface area (TPSA) is 35.6 Å². The van der Waals surface area contributed by atoms with Gasteiger partial charge in [0.2, 0.25) is 0 Å². The van der Waals surface area contributed by atoms with Gasteiger partial charge in [0.15, 0.2) is 0 Å². The molecule has 1 aromatic heterocycles. The van der Waals surface area contributed by atoms with Crippen molar-refractivity contribution in [3.63, 3.8) is 0 Å². The molecule has 0 spiro atoms. The van der Waals surface area contributed by atoms with Crippen LogP contribution in [0.4, 0.5) is 4.79 Å². The minimum Gasteiger partial charge on any atom is -0.337 e. The third-order valence-corrected chi connectivity index (χ3v) is 4.66. The first-order chi connectivity index (χ1) is 9.24. The van der Waals surface area contributed by atoms with E-state index in [1.54, 1.807) is 0 Å². The predicted molar refractivity (Wildman–Crippen MR) is 79.6 cm³/mol. The molecule has 1 aliphatic heterocycles. The van der Waals surface area contributed by atoms with E-state index in [9.17, 15) is 4.79 Å². The van der Waals surface area contributed by atoms with Gasteiger partial charge in [0.05, 0.1) is 0 Å². The molecule has 0 atom stereocenters. The van der Waals surface area contributed by atoms with E-state index in [1.807, 2.05) is 30.1 Å². The average Bonchev–Trinajstić information content (AvgIpc) is 2.87. The molecule has 0 bridgehead atoms. The molecule has 1 aromatic rings. The highest BCUT2D eigenvalue weighted by Crippen LogP contribution is 2.23. The Morgan fingerprint density at radius 1 is 1.47 bits per heavy atom. The Balaban J connectivity index is 1.71. The quantitative estimate of drug-likeness (QED) is 0.897. The Bertz CT molecular complexity index is 415. The lowest BCUT2D eigenvalue weighted by atomic mass is 10.1. The zero-order chi connectivity index (χ0) is 13.7. The van der Waals surface area contributed by atoms with Gasteiger partial charge < -0.3 is 10.2 Å². The smallest absolute Gasteiger partial charge is 0.317 e. The summed E-state index contributed by atoms with van der Waals surface area (Å²) in [6.45, 7) is 9.35. The lowest BCUT2D eigenvalue weighted by Gasteiger charge is -2.27. The molecule has 0 saturated carbocycles. The Morgan fingerprint density at radius 3 is 3.00 bits per heavy atom. The number of thiophene rings is 1. The molecule has 2 heterocycles. The van der Waals surface area contributed by atoms with E-state index >= 15 is 0 Å². The fourth-order valence-electron chi connectivity index (χ4n) is 2.44. The number of carbonyl (C=O) groups excluding carboxylic acids is 1. The molecule has 19 heavy (non-hydrogen) atoms. The van der Waals surface area contributed by atoms with Crippen LogP contribution in [0.1, 0.15) is 24.3 Å². The van der Waals surface area contributed by atoms with Crippen LogP contribution in [0.2, 0.25) is 0 Å². The second-order valence-corrected chi connectivity index (χ2v) is 5.80. The van der Waals surface area contributed by atoms with Crippen molar-refractivity contribution in [1.82, 2.24) is 15.1 Å². The summed E-state index contributed by atoms with van der Waals surface area (Å²) in [4.78, 5) is 17.6.